The van der Waals surface area contributed by atoms with Crippen molar-refractivity contribution in [1.29, 1.82) is 0 Å². The van der Waals surface area contributed by atoms with Crippen LogP contribution in [0, 0.1) is 12.7 Å². The van der Waals surface area contributed by atoms with Gasteiger partial charge in [0.05, 0.1) is 12.2 Å². The minimum absolute atomic E-state index is 0.0290. The first kappa shape index (κ1) is 11.2. The van der Waals surface area contributed by atoms with Crippen LogP contribution in [0.25, 0.3) is 0 Å². The summed E-state index contributed by atoms with van der Waals surface area (Å²) in [5.41, 5.74) is 0.390. The molecule has 14 heavy (non-hydrogen) atoms. The summed E-state index contributed by atoms with van der Waals surface area (Å²) in [6.07, 6.45) is 0. The minimum Gasteiger partial charge on any atom is -0.462 e. The Labute approximate surface area is 90.2 Å². The van der Waals surface area contributed by atoms with E-state index < -0.39 is 11.8 Å². The van der Waals surface area contributed by atoms with Crippen LogP contribution in [-0.2, 0) is 4.74 Å². The normalized spacial score (nSPS) is 10.0. The zero-order valence-electron chi connectivity index (χ0n) is 7.93. The number of halogens is 2. The van der Waals surface area contributed by atoms with Gasteiger partial charge in [0.1, 0.15) is 5.82 Å². The van der Waals surface area contributed by atoms with Crippen molar-refractivity contribution in [2.75, 3.05) is 6.61 Å². The van der Waals surface area contributed by atoms with Crippen LogP contribution in [0.2, 0.25) is 0 Å². The number of hydrogen-bond acceptors (Lipinski definition) is 2. The first-order chi connectivity index (χ1) is 6.56. The number of aryl methyl sites for hydroxylation is 1. The maximum Gasteiger partial charge on any atom is 0.341 e. The summed E-state index contributed by atoms with van der Waals surface area (Å²) in [5.74, 6) is -1.15. The average molecular weight is 261 g/mol. The SMILES string of the molecule is CCOC(=O)c1cc(Br)cc(C)c1F. The van der Waals surface area contributed by atoms with Gasteiger partial charge in [-0.2, -0.15) is 0 Å². The Morgan fingerprint density at radius 3 is 2.79 bits per heavy atom. The Morgan fingerprint density at radius 1 is 1.57 bits per heavy atom. The topological polar surface area (TPSA) is 26.3 Å². The average Bonchev–Trinajstić information content (AvgIpc) is 2.11. The number of carbonyl (C=O) groups excluding carboxylic acids is 1. The van der Waals surface area contributed by atoms with Crippen molar-refractivity contribution in [3.63, 3.8) is 0 Å². The fourth-order valence-electron chi connectivity index (χ4n) is 1.08. The Hall–Kier alpha value is -0.900. The lowest BCUT2D eigenvalue weighted by Crippen LogP contribution is -2.08. The molecule has 0 radical (unpaired) electrons. The highest BCUT2D eigenvalue weighted by Gasteiger charge is 2.15. The van der Waals surface area contributed by atoms with Crippen LogP contribution in [0.15, 0.2) is 16.6 Å². The molecule has 0 aromatic heterocycles. The van der Waals surface area contributed by atoms with Gasteiger partial charge in [0.15, 0.2) is 0 Å². The summed E-state index contributed by atoms with van der Waals surface area (Å²) < 4.78 is 18.8. The summed E-state index contributed by atoms with van der Waals surface area (Å²) in [6.45, 7) is 3.52. The van der Waals surface area contributed by atoms with E-state index in [4.69, 9.17) is 4.74 Å². The second kappa shape index (κ2) is 4.55. The van der Waals surface area contributed by atoms with Crippen molar-refractivity contribution in [2.24, 2.45) is 0 Å². The summed E-state index contributed by atoms with van der Waals surface area (Å²) in [6, 6.07) is 3.03. The van der Waals surface area contributed by atoms with Crippen LogP contribution in [-0.4, -0.2) is 12.6 Å². The van der Waals surface area contributed by atoms with E-state index in [0.29, 0.717) is 10.0 Å². The predicted octanol–water partition coefficient (Wildman–Crippen LogP) is 3.07. The molecular weight excluding hydrogens is 251 g/mol. The fourth-order valence-corrected chi connectivity index (χ4v) is 1.66. The van der Waals surface area contributed by atoms with Crippen LogP contribution in [0.3, 0.4) is 0 Å². The van der Waals surface area contributed by atoms with Gasteiger partial charge in [-0.15, -0.1) is 0 Å². The molecule has 2 nitrogen and oxygen atoms in total. The summed E-state index contributed by atoms with van der Waals surface area (Å²) in [5, 5.41) is 0. The zero-order chi connectivity index (χ0) is 10.7. The van der Waals surface area contributed by atoms with E-state index in [2.05, 4.69) is 15.9 Å². The second-order valence-corrected chi connectivity index (χ2v) is 3.72. The van der Waals surface area contributed by atoms with E-state index >= 15 is 0 Å². The minimum atomic E-state index is -0.630. The van der Waals surface area contributed by atoms with Crippen LogP contribution >= 0.6 is 15.9 Å². The Morgan fingerprint density at radius 2 is 2.21 bits per heavy atom. The van der Waals surface area contributed by atoms with Gasteiger partial charge in [0, 0.05) is 4.47 Å². The number of hydrogen-bond donors (Lipinski definition) is 0. The Kier molecular flexibility index (Phi) is 3.63. The third kappa shape index (κ3) is 2.32. The molecule has 0 saturated heterocycles. The molecule has 0 spiro atoms. The fraction of sp³-hybridized carbons (Fsp3) is 0.300. The lowest BCUT2D eigenvalue weighted by atomic mass is 10.1. The Balaban J connectivity index is 3.13. The van der Waals surface area contributed by atoms with Gasteiger partial charge < -0.3 is 4.74 Å². The molecule has 1 rings (SSSR count). The molecule has 4 heteroatoms. The number of carbonyl (C=O) groups is 1. The largest absolute Gasteiger partial charge is 0.462 e. The van der Waals surface area contributed by atoms with Gasteiger partial charge in [-0.25, -0.2) is 9.18 Å². The van der Waals surface area contributed by atoms with E-state index in [0.717, 1.165) is 0 Å². The zero-order valence-corrected chi connectivity index (χ0v) is 9.52. The standard InChI is InChI=1S/C10H10BrFO2/c1-3-14-10(13)8-5-7(11)4-6(2)9(8)12/h4-5H,3H2,1-2H3. The summed E-state index contributed by atoms with van der Waals surface area (Å²) in [7, 11) is 0. The van der Waals surface area contributed by atoms with Gasteiger partial charge in [0.25, 0.3) is 0 Å². The first-order valence-electron chi connectivity index (χ1n) is 4.19. The number of benzene rings is 1. The molecule has 0 atom stereocenters. The molecule has 0 N–H and O–H groups in total. The van der Waals surface area contributed by atoms with Crippen molar-refractivity contribution in [2.45, 2.75) is 13.8 Å². The quantitative estimate of drug-likeness (QED) is 0.765. The lowest BCUT2D eigenvalue weighted by molar-refractivity contribution is 0.0520. The van der Waals surface area contributed by atoms with Crippen molar-refractivity contribution >= 4 is 21.9 Å². The highest BCUT2D eigenvalue weighted by Crippen LogP contribution is 2.20. The maximum absolute atomic E-state index is 13.4. The predicted molar refractivity (Wildman–Crippen MR) is 54.8 cm³/mol. The molecular formula is C10H10BrFO2. The van der Waals surface area contributed by atoms with Gasteiger partial charge in [-0.3, -0.25) is 0 Å². The summed E-state index contributed by atoms with van der Waals surface area (Å²) >= 11 is 3.19. The molecule has 0 aliphatic heterocycles. The van der Waals surface area contributed by atoms with Crippen LogP contribution in [0.4, 0.5) is 4.39 Å². The highest BCUT2D eigenvalue weighted by atomic mass is 79.9. The van der Waals surface area contributed by atoms with Crippen molar-refractivity contribution in [1.82, 2.24) is 0 Å². The molecule has 0 heterocycles. The molecule has 1 aromatic rings. The lowest BCUT2D eigenvalue weighted by Gasteiger charge is -2.05. The number of esters is 1. The highest BCUT2D eigenvalue weighted by molar-refractivity contribution is 9.10. The van der Waals surface area contributed by atoms with E-state index in [9.17, 15) is 9.18 Å². The van der Waals surface area contributed by atoms with E-state index in [1.807, 2.05) is 0 Å². The summed E-state index contributed by atoms with van der Waals surface area (Å²) in [4.78, 5) is 11.3. The third-order valence-electron chi connectivity index (χ3n) is 1.71. The van der Waals surface area contributed by atoms with Crippen LogP contribution in [0.5, 0.6) is 0 Å². The molecule has 0 saturated carbocycles. The molecule has 0 fully saturated rings. The van der Waals surface area contributed by atoms with Crippen molar-refractivity contribution < 1.29 is 13.9 Å². The number of rotatable bonds is 2. The molecule has 0 aliphatic rings. The molecule has 0 unspecified atom stereocenters. The van der Waals surface area contributed by atoms with Gasteiger partial charge in [-0.1, -0.05) is 15.9 Å². The van der Waals surface area contributed by atoms with Crippen LogP contribution in [0.1, 0.15) is 22.8 Å². The van der Waals surface area contributed by atoms with Crippen molar-refractivity contribution in [3.8, 4) is 0 Å². The monoisotopic (exact) mass is 260 g/mol. The van der Waals surface area contributed by atoms with Crippen molar-refractivity contribution in [3.05, 3.63) is 33.5 Å². The van der Waals surface area contributed by atoms with Gasteiger partial charge >= 0.3 is 5.97 Å². The van der Waals surface area contributed by atoms with Crippen LogP contribution < -0.4 is 0 Å². The third-order valence-corrected chi connectivity index (χ3v) is 2.17. The molecule has 0 amide bonds. The van der Waals surface area contributed by atoms with E-state index in [-0.39, 0.29) is 12.2 Å². The molecule has 0 aliphatic carbocycles. The molecule has 76 valence electrons. The smallest absolute Gasteiger partial charge is 0.341 e. The van der Waals surface area contributed by atoms with Gasteiger partial charge in [0.2, 0.25) is 0 Å². The first-order valence-corrected chi connectivity index (χ1v) is 4.98. The van der Waals surface area contributed by atoms with E-state index in [1.54, 1.807) is 19.9 Å². The Bertz CT molecular complexity index is 363. The molecule has 0 bridgehead atoms. The van der Waals surface area contributed by atoms with E-state index in [1.165, 1.54) is 6.07 Å². The number of ether oxygens (including phenoxy) is 1. The van der Waals surface area contributed by atoms with Gasteiger partial charge in [-0.05, 0) is 31.5 Å². The second-order valence-electron chi connectivity index (χ2n) is 2.80. The molecule has 1 aromatic carbocycles. The maximum atomic E-state index is 13.4.